The van der Waals surface area contributed by atoms with E-state index in [0.717, 1.165) is 0 Å². The molecule has 0 aromatic heterocycles. The molecule has 0 aliphatic rings. The van der Waals surface area contributed by atoms with Gasteiger partial charge in [0, 0.05) is 7.26 Å². The van der Waals surface area contributed by atoms with Gasteiger partial charge in [-0.1, -0.05) is 125 Å². The summed E-state index contributed by atoms with van der Waals surface area (Å²) in [5, 5.41) is 0. The maximum Gasteiger partial charge on any atom is 0.0786 e. The molecule has 1 nitrogen and oxygen atoms in total. The molecule has 0 aliphatic carbocycles. The Labute approximate surface area is 303 Å². The Morgan fingerprint density at radius 1 is 0.273 bits per heavy atom. The molecule has 0 aliphatic heterocycles. The summed E-state index contributed by atoms with van der Waals surface area (Å²) in [4.78, 5) is 0. The first kappa shape index (κ1) is 49.7. The second-order valence-corrected chi connectivity index (χ2v) is 19.0. The lowest BCUT2D eigenvalue weighted by molar-refractivity contribution is -0.929. The molecule has 0 radical (unpaired) electrons. The molecule has 0 rings (SSSR count). The first-order chi connectivity index (χ1) is 20.6. The van der Waals surface area contributed by atoms with E-state index in [2.05, 4.69) is 41.5 Å². The maximum atomic E-state index is 2.40. The van der Waals surface area contributed by atoms with Crippen LogP contribution in [-0.2, 0) is 0 Å². The van der Waals surface area contributed by atoms with Crippen molar-refractivity contribution >= 4 is 7.26 Å². The number of halogens is 2. The molecule has 0 saturated carbocycles. The summed E-state index contributed by atoms with van der Waals surface area (Å²) >= 11 is 0. The minimum atomic E-state index is -0.671. The fraction of sp³-hybridized carbons (Fsp3) is 1.00. The van der Waals surface area contributed by atoms with Crippen molar-refractivity contribution in [3.8, 4) is 0 Å². The first-order valence-corrected chi connectivity index (χ1v) is 22.8. The molecular formula is C40H86Br2NP. The molecule has 0 unspecified atom stereocenters. The Kier molecular flexibility index (Phi) is 42.0. The molecule has 4 heteroatoms. The van der Waals surface area contributed by atoms with Crippen molar-refractivity contribution in [3.63, 3.8) is 0 Å². The van der Waals surface area contributed by atoms with Gasteiger partial charge in [0.15, 0.2) is 0 Å². The standard InChI is InChI=1S/C40H86NP.2BrH/c1-7-13-19-28-33-41(34-29-20-14-8-2,35-30-21-15-9-3)36-31-26-24-22-23-25-27-32-40-42(37-16-10-4,38-17-11-5)39-18-12-6;;/h7-40H2,1-6H3;2*1H/q+2;;/p-2. The van der Waals surface area contributed by atoms with E-state index in [-0.39, 0.29) is 34.0 Å². The molecule has 0 heterocycles. The quantitative estimate of drug-likeness (QED) is 0.0348. The van der Waals surface area contributed by atoms with Crippen LogP contribution in [-0.4, -0.2) is 55.3 Å². The number of rotatable bonds is 35. The summed E-state index contributed by atoms with van der Waals surface area (Å²) in [6.45, 7) is 20.2. The van der Waals surface area contributed by atoms with E-state index in [9.17, 15) is 0 Å². The molecule has 0 amide bonds. The second kappa shape index (κ2) is 37.2. The fourth-order valence-electron chi connectivity index (χ4n) is 7.40. The normalized spacial score (nSPS) is 11.9. The lowest BCUT2D eigenvalue weighted by atomic mass is 10.1. The Bertz CT molecular complexity index is 476. The summed E-state index contributed by atoms with van der Waals surface area (Å²) in [7, 11) is -0.671. The third kappa shape index (κ3) is 28.4. The largest absolute Gasteiger partial charge is 1.00 e. The average Bonchev–Trinajstić information content (AvgIpc) is 3.01. The van der Waals surface area contributed by atoms with E-state index in [4.69, 9.17) is 0 Å². The predicted molar refractivity (Wildman–Crippen MR) is 200 cm³/mol. The number of hydrogen-bond donors (Lipinski definition) is 0. The van der Waals surface area contributed by atoms with Crippen molar-refractivity contribution in [2.45, 2.75) is 208 Å². The second-order valence-electron chi connectivity index (χ2n) is 14.5. The predicted octanol–water partition coefficient (Wildman–Crippen LogP) is 8.09. The van der Waals surface area contributed by atoms with E-state index in [1.807, 2.05) is 0 Å². The molecule has 0 N–H and O–H groups in total. The topological polar surface area (TPSA) is 0 Å². The monoisotopic (exact) mass is 769 g/mol. The van der Waals surface area contributed by atoms with Crippen molar-refractivity contribution in [1.82, 2.24) is 0 Å². The summed E-state index contributed by atoms with van der Waals surface area (Å²) in [5.74, 6) is 0. The summed E-state index contributed by atoms with van der Waals surface area (Å²) in [6.07, 6.45) is 44.3. The van der Waals surface area contributed by atoms with E-state index in [1.54, 1.807) is 31.1 Å². The number of unbranched alkanes of at least 4 members (excludes halogenated alkanes) is 19. The van der Waals surface area contributed by atoms with Crippen molar-refractivity contribution in [3.05, 3.63) is 0 Å². The van der Waals surface area contributed by atoms with Crippen LogP contribution >= 0.6 is 7.26 Å². The Hall–Kier alpha value is 1.35. The van der Waals surface area contributed by atoms with Gasteiger partial charge in [0.2, 0.25) is 0 Å². The highest BCUT2D eigenvalue weighted by Crippen LogP contribution is 2.61. The smallest absolute Gasteiger partial charge is 0.0786 e. The fourth-order valence-corrected chi connectivity index (χ4v) is 12.6. The number of quaternary nitrogens is 1. The van der Waals surface area contributed by atoms with Crippen molar-refractivity contribution in [2.24, 2.45) is 0 Å². The third-order valence-corrected chi connectivity index (χ3v) is 15.5. The van der Waals surface area contributed by atoms with Crippen LogP contribution in [0, 0.1) is 0 Å². The van der Waals surface area contributed by atoms with Crippen molar-refractivity contribution < 1.29 is 38.4 Å². The Balaban J connectivity index is -0.00000840. The van der Waals surface area contributed by atoms with Gasteiger partial charge in [-0.25, -0.2) is 0 Å². The molecule has 0 fully saturated rings. The van der Waals surface area contributed by atoms with Gasteiger partial charge in [-0.3, -0.25) is 0 Å². The number of hydrogen-bond acceptors (Lipinski definition) is 0. The van der Waals surface area contributed by atoms with Crippen LogP contribution in [0.15, 0.2) is 0 Å². The molecule has 44 heavy (non-hydrogen) atoms. The van der Waals surface area contributed by atoms with Crippen molar-refractivity contribution in [1.29, 1.82) is 0 Å². The molecule has 0 aromatic carbocycles. The van der Waals surface area contributed by atoms with Crippen LogP contribution in [0.5, 0.6) is 0 Å². The van der Waals surface area contributed by atoms with Gasteiger partial charge in [-0.2, -0.15) is 0 Å². The highest BCUT2D eigenvalue weighted by atomic mass is 79.9. The molecule has 0 aromatic rings. The SMILES string of the molecule is CCCCCC[N+](CCCCCC)(CCCCCC)CCCCCCCCCC[P+](CCCC)(CCCC)CCCC.[Br-].[Br-]. The van der Waals surface area contributed by atoms with Gasteiger partial charge in [-0.05, 0) is 83.5 Å². The molecule has 0 saturated heterocycles. The molecule has 0 atom stereocenters. The first-order valence-electron chi connectivity index (χ1n) is 20.3. The summed E-state index contributed by atoms with van der Waals surface area (Å²) in [6, 6.07) is 0. The van der Waals surface area contributed by atoms with Crippen LogP contribution in [0.1, 0.15) is 208 Å². The molecular weight excluding hydrogens is 685 g/mol. The van der Waals surface area contributed by atoms with E-state index in [0.29, 0.717) is 0 Å². The number of nitrogens with zero attached hydrogens (tertiary/aromatic N) is 1. The lowest BCUT2D eigenvalue weighted by Crippen LogP contribution is -3.00. The van der Waals surface area contributed by atoms with Crippen LogP contribution in [0.25, 0.3) is 0 Å². The minimum Gasteiger partial charge on any atom is -1.00 e. The van der Waals surface area contributed by atoms with Gasteiger partial charge in [0.05, 0.1) is 50.8 Å². The Morgan fingerprint density at radius 3 is 0.795 bits per heavy atom. The lowest BCUT2D eigenvalue weighted by Gasteiger charge is -2.39. The zero-order chi connectivity index (χ0) is 31.0. The van der Waals surface area contributed by atoms with Gasteiger partial charge < -0.3 is 38.4 Å². The third-order valence-electron chi connectivity index (χ3n) is 10.4. The molecule has 0 spiro atoms. The zero-order valence-corrected chi connectivity index (χ0v) is 35.8. The highest BCUT2D eigenvalue weighted by molar-refractivity contribution is 7.75. The van der Waals surface area contributed by atoms with Gasteiger partial charge in [0.1, 0.15) is 0 Å². The van der Waals surface area contributed by atoms with Crippen LogP contribution in [0.3, 0.4) is 0 Å². The van der Waals surface area contributed by atoms with Crippen molar-refractivity contribution in [2.75, 3.05) is 50.8 Å². The maximum absolute atomic E-state index is 2.40. The van der Waals surface area contributed by atoms with Gasteiger partial charge >= 0.3 is 0 Å². The minimum absolute atomic E-state index is 0. The molecule has 270 valence electrons. The van der Waals surface area contributed by atoms with Gasteiger partial charge in [-0.15, -0.1) is 0 Å². The van der Waals surface area contributed by atoms with E-state index < -0.39 is 7.26 Å². The molecule has 0 bridgehead atoms. The zero-order valence-electron chi connectivity index (χ0n) is 31.7. The summed E-state index contributed by atoms with van der Waals surface area (Å²) < 4.78 is 1.47. The van der Waals surface area contributed by atoms with E-state index >= 15 is 0 Å². The van der Waals surface area contributed by atoms with Crippen LogP contribution < -0.4 is 34.0 Å². The van der Waals surface area contributed by atoms with Crippen LogP contribution in [0.4, 0.5) is 0 Å². The Morgan fingerprint density at radius 2 is 0.500 bits per heavy atom. The summed E-state index contributed by atoms with van der Waals surface area (Å²) in [5.41, 5.74) is 0. The average molecular weight is 772 g/mol. The highest BCUT2D eigenvalue weighted by Gasteiger charge is 2.34. The van der Waals surface area contributed by atoms with Gasteiger partial charge in [0.25, 0.3) is 0 Å². The van der Waals surface area contributed by atoms with E-state index in [1.165, 1.54) is 191 Å². The van der Waals surface area contributed by atoms with Crippen LogP contribution in [0.2, 0.25) is 0 Å².